The molecule has 2 saturated heterocycles. The lowest BCUT2D eigenvalue weighted by atomic mass is 9.93. The minimum absolute atomic E-state index is 0.00288. The number of carbonyl (C=O) groups is 3. The molecule has 1 N–H and O–H groups in total. The van der Waals surface area contributed by atoms with Gasteiger partial charge in [0.1, 0.15) is 6.17 Å². The zero-order chi connectivity index (χ0) is 25.9. The number of benzene rings is 3. The molecule has 2 atom stereocenters. The van der Waals surface area contributed by atoms with Crippen molar-refractivity contribution in [1.29, 1.82) is 0 Å². The van der Waals surface area contributed by atoms with Crippen LogP contribution in [-0.2, 0) is 22.7 Å². The number of rotatable bonds is 5. The van der Waals surface area contributed by atoms with E-state index in [4.69, 9.17) is 0 Å². The molecule has 2 fully saturated rings. The largest absolute Gasteiger partial charge is 0.334 e. The quantitative estimate of drug-likeness (QED) is 0.572. The van der Waals surface area contributed by atoms with Crippen LogP contribution in [0.5, 0.6) is 0 Å². The first-order valence-corrected chi connectivity index (χ1v) is 13.0. The first-order valence-electron chi connectivity index (χ1n) is 13.0. The summed E-state index contributed by atoms with van der Waals surface area (Å²) in [5.74, 6) is -0.208. The number of hydrogen-bond donors (Lipinski definition) is 1. The lowest BCUT2D eigenvalue weighted by Gasteiger charge is -2.43. The van der Waals surface area contributed by atoms with Crippen LogP contribution in [0.3, 0.4) is 0 Å². The Hall–Kier alpha value is -3.87. The Labute approximate surface area is 218 Å². The molecule has 2 heterocycles. The molecule has 3 aromatic rings. The molecule has 7 heteroatoms. The molecule has 3 aromatic carbocycles. The summed E-state index contributed by atoms with van der Waals surface area (Å²) in [5, 5.41) is 5.29. The highest BCUT2D eigenvalue weighted by atomic mass is 16.2. The standard InChI is InChI=1S/C30H34N4O3/c1-21(2)26-19-34-27(33(15-14-28(34)35)30(37)31-17-22-8-4-3-5-9-22)20-32(29(26)36)18-23-12-13-24-10-6-7-11-25(24)16-23/h3-13,16,21,26-27H,14-15,17-20H2,1-2H3,(H,31,37). The van der Waals surface area contributed by atoms with Crippen molar-refractivity contribution in [3.05, 3.63) is 83.9 Å². The highest BCUT2D eigenvalue weighted by Gasteiger charge is 2.44. The van der Waals surface area contributed by atoms with Crippen molar-refractivity contribution < 1.29 is 14.4 Å². The van der Waals surface area contributed by atoms with Crippen molar-refractivity contribution in [2.75, 3.05) is 19.6 Å². The van der Waals surface area contributed by atoms with E-state index in [-0.39, 0.29) is 36.1 Å². The van der Waals surface area contributed by atoms with Crippen LogP contribution in [0.2, 0.25) is 0 Å². The van der Waals surface area contributed by atoms with Gasteiger partial charge < -0.3 is 20.0 Å². The van der Waals surface area contributed by atoms with Crippen LogP contribution >= 0.6 is 0 Å². The third kappa shape index (κ3) is 5.31. The van der Waals surface area contributed by atoms with E-state index in [0.717, 1.165) is 21.9 Å². The topological polar surface area (TPSA) is 73.0 Å². The Morgan fingerprint density at radius 3 is 2.41 bits per heavy atom. The van der Waals surface area contributed by atoms with Crippen LogP contribution in [0.4, 0.5) is 4.79 Å². The molecule has 37 heavy (non-hydrogen) atoms. The van der Waals surface area contributed by atoms with Crippen LogP contribution in [-0.4, -0.2) is 58.3 Å². The first kappa shape index (κ1) is 24.8. The monoisotopic (exact) mass is 498 g/mol. The van der Waals surface area contributed by atoms with Crippen LogP contribution in [0.15, 0.2) is 72.8 Å². The van der Waals surface area contributed by atoms with Crippen LogP contribution < -0.4 is 5.32 Å². The molecule has 5 rings (SSSR count). The van der Waals surface area contributed by atoms with Crippen molar-refractivity contribution in [2.24, 2.45) is 11.8 Å². The van der Waals surface area contributed by atoms with E-state index < -0.39 is 6.17 Å². The Balaban J connectivity index is 1.41. The van der Waals surface area contributed by atoms with Crippen molar-refractivity contribution in [1.82, 2.24) is 20.0 Å². The molecule has 7 nitrogen and oxygen atoms in total. The van der Waals surface area contributed by atoms with Crippen molar-refractivity contribution in [3.8, 4) is 0 Å². The van der Waals surface area contributed by atoms with Gasteiger partial charge in [-0.1, -0.05) is 80.6 Å². The van der Waals surface area contributed by atoms with Crippen molar-refractivity contribution in [2.45, 2.75) is 39.5 Å². The van der Waals surface area contributed by atoms with Gasteiger partial charge in [-0.25, -0.2) is 4.79 Å². The average molecular weight is 499 g/mol. The van der Waals surface area contributed by atoms with Crippen LogP contribution in [0.25, 0.3) is 10.8 Å². The number of fused-ring (bicyclic) bond motifs is 2. The molecular weight excluding hydrogens is 464 g/mol. The molecule has 0 aliphatic carbocycles. The molecule has 0 spiro atoms. The second kappa shape index (κ2) is 10.6. The summed E-state index contributed by atoms with van der Waals surface area (Å²) in [6.45, 7) is 5.85. The van der Waals surface area contributed by atoms with E-state index in [1.165, 1.54) is 0 Å². The maximum Gasteiger partial charge on any atom is 0.319 e. The Bertz CT molecular complexity index is 1290. The van der Waals surface area contributed by atoms with E-state index in [2.05, 4.69) is 35.6 Å². The van der Waals surface area contributed by atoms with Gasteiger partial charge in [-0.3, -0.25) is 9.59 Å². The fourth-order valence-corrected chi connectivity index (χ4v) is 5.38. The molecule has 2 unspecified atom stereocenters. The van der Waals surface area contributed by atoms with Gasteiger partial charge in [0.25, 0.3) is 0 Å². The van der Waals surface area contributed by atoms with Gasteiger partial charge >= 0.3 is 6.03 Å². The number of nitrogens with zero attached hydrogens (tertiary/aromatic N) is 3. The van der Waals surface area contributed by atoms with E-state index >= 15 is 0 Å². The second-order valence-electron chi connectivity index (χ2n) is 10.4. The molecule has 192 valence electrons. The number of carbonyl (C=O) groups excluding carboxylic acids is 3. The SMILES string of the molecule is CC(C)C1CN2C(=O)CCN(C(=O)NCc3ccccc3)C2CN(Cc2ccc3ccccc3c2)C1=O. The van der Waals surface area contributed by atoms with Gasteiger partial charge in [0, 0.05) is 32.6 Å². The summed E-state index contributed by atoms with van der Waals surface area (Å²) in [7, 11) is 0. The number of amides is 4. The minimum atomic E-state index is -0.495. The van der Waals surface area contributed by atoms with Gasteiger partial charge in [0.05, 0.1) is 12.5 Å². The first-order chi connectivity index (χ1) is 17.9. The third-order valence-electron chi connectivity index (χ3n) is 7.55. The van der Waals surface area contributed by atoms with Crippen LogP contribution in [0.1, 0.15) is 31.4 Å². The number of nitrogens with one attached hydrogen (secondary N) is 1. The van der Waals surface area contributed by atoms with E-state index in [9.17, 15) is 14.4 Å². The predicted octanol–water partition coefficient (Wildman–Crippen LogP) is 4.22. The zero-order valence-electron chi connectivity index (χ0n) is 21.5. The third-order valence-corrected chi connectivity index (χ3v) is 7.55. The molecule has 0 aromatic heterocycles. The molecule has 0 saturated carbocycles. The summed E-state index contributed by atoms with van der Waals surface area (Å²) >= 11 is 0. The van der Waals surface area contributed by atoms with E-state index in [1.807, 2.05) is 61.2 Å². The van der Waals surface area contributed by atoms with Crippen molar-refractivity contribution in [3.63, 3.8) is 0 Å². The molecule has 0 bridgehead atoms. The molecule has 2 aliphatic heterocycles. The second-order valence-corrected chi connectivity index (χ2v) is 10.4. The Morgan fingerprint density at radius 2 is 1.65 bits per heavy atom. The highest BCUT2D eigenvalue weighted by molar-refractivity contribution is 5.86. The molecule has 4 amide bonds. The lowest BCUT2D eigenvalue weighted by molar-refractivity contribution is -0.142. The van der Waals surface area contributed by atoms with Gasteiger partial charge in [-0.2, -0.15) is 0 Å². The van der Waals surface area contributed by atoms with Gasteiger partial charge in [0.15, 0.2) is 0 Å². The molecular formula is C30H34N4O3. The van der Waals surface area contributed by atoms with E-state index in [0.29, 0.717) is 32.7 Å². The summed E-state index contributed by atoms with van der Waals surface area (Å²) in [6.07, 6.45) is -0.232. The zero-order valence-corrected chi connectivity index (χ0v) is 21.5. The summed E-state index contributed by atoms with van der Waals surface area (Å²) in [6, 6.07) is 24.0. The predicted molar refractivity (Wildman–Crippen MR) is 143 cm³/mol. The Kier molecular flexibility index (Phi) is 7.12. The minimum Gasteiger partial charge on any atom is -0.334 e. The summed E-state index contributed by atoms with van der Waals surface area (Å²) < 4.78 is 0. The lowest BCUT2D eigenvalue weighted by Crippen LogP contribution is -2.62. The average Bonchev–Trinajstić information content (AvgIpc) is 3.05. The fraction of sp³-hybridized carbons (Fsp3) is 0.367. The normalized spacial score (nSPS) is 20.2. The molecule has 0 radical (unpaired) electrons. The summed E-state index contributed by atoms with van der Waals surface area (Å²) in [5.41, 5.74) is 2.04. The van der Waals surface area contributed by atoms with Crippen molar-refractivity contribution >= 4 is 28.6 Å². The van der Waals surface area contributed by atoms with Gasteiger partial charge in [-0.15, -0.1) is 0 Å². The maximum atomic E-state index is 13.8. The van der Waals surface area contributed by atoms with Gasteiger partial charge in [-0.05, 0) is 33.9 Å². The maximum absolute atomic E-state index is 13.8. The summed E-state index contributed by atoms with van der Waals surface area (Å²) in [4.78, 5) is 45.5. The highest BCUT2D eigenvalue weighted by Crippen LogP contribution is 2.28. The fourth-order valence-electron chi connectivity index (χ4n) is 5.38. The Morgan fingerprint density at radius 1 is 0.919 bits per heavy atom. The molecule has 2 aliphatic rings. The number of hydrogen-bond acceptors (Lipinski definition) is 3. The van der Waals surface area contributed by atoms with E-state index in [1.54, 1.807) is 9.80 Å². The smallest absolute Gasteiger partial charge is 0.319 e. The number of urea groups is 1. The van der Waals surface area contributed by atoms with Crippen LogP contribution in [0, 0.1) is 11.8 Å². The van der Waals surface area contributed by atoms with Gasteiger partial charge in [0.2, 0.25) is 11.8 Å².